The molecule has 0 saturated heterocycles. The Bertz CT molecular complexity index is 473. The molecule has 4 nitrogen and oxygen atoms in total. The van der Waals surface area contributed by atoms with Gasteiger partial charge in [-0.15, -0.1) is 12.4 Å². The lowest BCUT2D eigenvalue weighted by atomic mass is 10.3. The first-order chi connectivity index (χ1) is 9.81. The van der Waals surface area contributed by atoms with Gasteiger partial charge in [-0.3, -0.25) is 4.79 Å². The third kappa shape index (κ3) is 5.56. The van der Waals surface area contributed by atoms with Gasteiger partial charge in [0.1, 0.15) is 5.75 Å². The second-order valence-corrected chi connectivity index (χ2v) is 5.87. The maximum Gasteiger partial charge on any atom is 0.238 e. The van der Waals surface area contributed by atoms with Crippen molar-refractivity contribution in [2.45, 2.75) is 25.7 Å². The van der Waals surface area contributed by atoms with Crippen molar-refractivity contribution in [1.82, 2.24) is 5.32 Å². The highest BCUT2D eigenvalue weighted by Crippen LogP contribution is 2.31. The molecule has 5 heteroatoms. The first-order valence-electron chi connectivity index (χ1n) is 7.53. The van der Waals surface area contributed by atoms with Gasteiger partial charge in [-0.1, -0.05) is 12.1 Å². The minimum Gasteiger partial charge on any atom is -0.491 e. The van der Waals surface area contributed by atoms with E-state index in [9.17, 15) is 4.79 Å². The first-order valence-corrected chi connectivity index (χ1v) is 7.53. The van der Waals surface area contributed by atoms with Crippen LogP contribution >= 0.6 is 12.4 Å². The molecular weight excluding hydrogens is 288 g/mol. The highest BCUT2D eigenvalue weighted by atomic mass is 35.5. The zero-order chi connectivity index (χ0) is 13.8. The van der Waals surface area contributed by atoms with Crippen molar-refractivity contribution < 1.29 is 9.53 Å². The predicted octanol–water partition coefficient (Wildman–Crippen LogP) is 2.84. The Morgan fingerprint density at radius 3 is 2.57 bits per heavy atom. The summed E-state index contributed by atoms with van der Waals surface area (Å²) in [5.41, 5.74) is 0.770. The number of carbonyl (C=O) groups excluding carboxylic acids is 1. The summed E-state index contributed by atoms with van der Waals surface area (Å²) in [5.74, 6) is 2.26. The number of para-hydroxylation sites is 2. The van der Waals surface area contributed by atoms with E-state index in [1.54, 1.807) is 0 Å². The lowest BCUT2D eigenvalue weighted by Crippen LogP contribution is -2.29. The quantitative estimate of drug-likeness (QED) is 0.776. The topological polar surface area (TPSA) is 50.4 Å². The number of amides is 1. The number of hydrogen-bond acceptors (Lipinski definition) is 3. The maximum atomic E-state index is 11.9. The van der Waals surface area contributed by atoms with Gasteiger partial charge in [-0.05, 0) is 56.2 Å². The molecule has 0 radical (unpaired) electrons. The Balaban J connectivity index is 0.00000161. The summed E-state index contributed by atoms with van der Waals surface area (Å²) < 4.78 is 5.78. The third-order valence-corrected chi connectivity index (χ3v) is 3.75. The minimum atomic E-state index is -0.00637. The Hall–Kier alpha value is -1.26. The SMILES string of the molecule is Cl.O=C(CNCC1CC1)Nc1ccccc1OCC1CC1. The zero-order valence-electron chi connectivity index (χ0n) is 12.1. The zero-order valence-corrected chi connectivity index (χ0v) is 13.0. The molecule has 116 valence electrons. The van der Waals surface area contributed by atoms with Gasteiger partial charge in [0.2, 0.25) is 5.91 Å². The number of halogens is 1. The average molecular weight is 311 g/mol. The highest BCUT2D eigenvalue weighted by Gasteiger charge is 2.22. The van der Waals surface area contributed by atoms with Crippen LogP contribution in [0.2, 0.25) is 0 Å². The van der Waals surface area contributed by atoms with Crippen molar-refractivity contribution in [2.75, 3.05) is 25.0 Å². The van der Waals surface area contributed by atoms with Gasteiger partial charge >= 0.3 is 0 Å². The summed E-state index contributed by atoms with van der Waals surface area (Å²) >= 11 is 0. The van der Waals surface area contributed by atoms with Crippen LogP contribution in [0.1, 0.15) is 25.7 Å². The molecule has 2 saturated carbocycles. The summed E-state index contributed by atoms with van der Waals surface area (Å²) in [7, 11) is 0. The Morgan fingerprint density at radius 1 is 1.14 bits per heavy atom. The number of anilines is 1. The molecule has 21 heavy (non-hydrogen) atoms. The van der Waals surface area contributed by atoms with Crippen LogP contribution in [-0.4, -0.2) is 25.6 Å². The molecule has 0 aliphatic heterocycles. The van der Waals surface area contributed by atoms with E-state index in [-0.39, 0.29) is 18.3 Å². The smallest absolute Gasteiger partial charge is 0.238 e. The van der Waals surface area contributed by atoms with Crippen molar-refractivity contribution in [2.24, 2.45) is 11.8 Å². The Kier molecular flexibility index (Phi) is 5.88. The molecule has 0 heterocycles. The van der Waals surface area contributed by atoms with Gasteiger partial charge in [-0.25, -0.2) is 0 Å². The van der Waals surface area contributed by atoms with E-state index >= 15 is 0 Å². The molecule has 0 bridgehead atoms. The second kappa shape index (κ2) is 7.66. The first kappa shape index (κ1) is 16.1. The number of ether oxygens (including phenoxy) is 1. The lowest BCUT2D eigenvalue weighted by molar-refractivity contribution is -0.115. The molecule has 0 atom stereocenters. The third-order valence-electron chi connectivity index (χ3n) is 3.75. The van der Waals surface area contributed by atoms with Crippen LogP contribution in [0.15, 0.2) is 24.3 Å². The largest absolute Gasteiger partial charge is 0.491 e. The monoisotopic (exact) mass is 310 g/mol. The molecule has 0 aromatic heterocycles. The maximum absolute atomic E-state index is 11.9. The second-order valence-electron chi connectivity index (χ2n) is 5.87. The Labute approximate surface area is 132 Å². The van der Waals surface area contributed by atoms with Crippen LogP contribution in [0, 0.1) is 11.8 Å². The van der Waals surface area contributed by atoms with E-state index in [1.807, 2.05) is 24.3 Å². The molecule has 0 spiro atoms. The normalized spacial score (nSPS) is 17.0. The van der Waals surface area contributed by atoms with Crippen molar-refractivity contribution in [1.29, 1.82) is 0 Å². The Morgan fingerprint density at radius 2 is 1.86 bits per heavy atom. The minimum absolute atomic E-state index is 0. The van der Waals surface area contributed by atoms with Crippen molar-refractivity contribution in [3.63, 3.8) is 0 Å². The van der Waals surface area contributed by atoms with Crippen molar-refractivity contribution in [3.8, 4) is 5.75 Å². The number of rotatable bonds is 8. The highest BCUT2D eigenvalue weighted by molar-refractivity contribution is 5.93. The summed E-state index contributed by atoms with van der Waals surface area (Å²) in [6, 6.07) is 7.65. The molecular formula is C16H23ClN2O2. The summed E-state index contributed by atoms with van der Waals surface area (Å²) in [5, 5.41) is 6.12. The molecule has 2 aliphatic rings. The van der Waals surface area contributed by atoms with E-state index in [4.69, 9.17) is 4.74 Å². The van der Waals surface area contributed by atoms with Crippen LogP contribution in [0.25, 0.3) is 0 Å². The molecule has 1 amide bonds. The predicted molar refractivity (Wildman–Crippen MR) is 86.1 cm³/mol. The molecule has 1 aromatic rings. The number of hydrogen-bond donors (Lipinski definition) is 2. The number of benzene rings is 1. The van der Waals surface area contributed by atoms with Crippen LogP contribution in [0.5, 0.6) is 5.75 Å². The number of carbonyl (C=O) groups is 1. The van der Waals surface area contributed by atoms with E-state index < -0.39 is 0 Å². The van der Waals surface area contributed by atoms with Crippen LogP contribution in [0.3, 0.4) is 0 Å². The van der Waals surface area contributed by atoms with Gasteiger partial charge in [0, 0.05) is 0 Å². The number of nitrogens with one attached hydrogen (secondary N) is 2. The molecule has 3 rings (SSSR count). The van der Waals surface area contributed by atoms with Crippen molar-refractivity contribution >= 4 is 24.0 Å². The fourth-order valence-corrected chi connectivity index (χ4v) is 2.09. The summed E-state index contributed by atoms with van der Waals surface area (Å²) in [4.78, 5) is 11.9. The molecule has 2 fully saturated rings. The fourth-order valence-electron chi connectivity index (χ4n) is 2.09. The summed E-state index contributed by atoms with van der Waals surface area (Å²) in [6.45, 7) is 2.08. The van der Waals surface area contributed by atoms with E-state index in [2.05, 4.69) is 10.6 Å². The fraction of sp³-hybridized carbons (Fsp3) is 0.562. The lowest BCUT2D eigenvalue weighted by Gasteiger charge is -2.12. The molecule has 1 aromatic carbocycles. The van der Waals surface area contributed by atoms with Gasteiger partial charge in [0.05, 0.1) is 18.8 Å². The van der Waals surface area contributed by atoms with Crippen LogP contribution < -0.4 is 15.4 Å². The molecule has 2 aliphatic carbocycles. The van der Waals surface area contributed by atoms with E-state index in [0.717, 1.165) is 30.5 Å². The standard InChI is InChI=1S/C16H22N2O2.ClH/c19-16(10-17-9-12-5-6-12)18-14-3-1-2-4-15(14)20-11-13-7-8-13;/h1-4,12-13,17H,5-11H2,(H,18,19);1H. The van der Waals surface area contributed by atoms with Gasteiger partial charge in [0.15, 0.2) is 0 Å². The van der Waals surface area contributed by atoms with Gasteiger partial charge in [-0.2, -0.15) is 0 Å². The molecule has 0 unspecified atom stereocenters. The van der Waals surface area contributed by atoms with Crippen LogP contribution in [0.4, 0.5) is 5.69 Å². The van der Waals surface area contributed by atoms with Crippen molar-refractivity contribution in [3.05, 3.63) is 24.3 Å². The average Bonchev–Trinajstić information content (AvgIpc) is 3.32. The van der Waals surface area contributed by atoms with E-state index in [1.165, 1.54) is 25.7 Å². The van der Waals surface area contributed by atoms with Gasteiger partial charge in [0.25, 0.3) is 0 Å². The van der Waals surface area contributed by atoms with E-state index in [0.29, 0.717) is 12.5 Å². The molecule has 2 N–H and O–H groups in total. The van der Waals surface area contributed by atoms with Gasteiger partial charge < -0.3 is 15.4 Å². The summed E-state index contributed by atoms with van der Waals surface area (Å²) in [6.07, 6.45) is 5.12. The van der Waals surface area contributed by atoms with Crippen LogP contribution in [-0.2, 0) is 4.79 Å².